The van der Waals surface area contributed by atoms with E-state index in [1.54, 1.807) is 6.08 Å². The van der Waals surface area contributed by atoms with E-state index in [2.05, 4.69) is 32.8 Å². The van der Waals surface area contributed by atoms with E-state index in [1.165, 1.54) is 32.1 Å². The van der Waals surface area contributed by atoms with Crippen molar-refractivity contribution in [3.63, 3.8) is 0 Å². The van der Waals surface area contributed by atoms with Gasteiger partial charge in [0.2, 0.25) is 0 Å². The molecule has 0 aliphatic rings. The second kappa shape index (κ2) is 14.1. The van der Waals surface area contributed by atoms with Gasteiger partial charge < -0.3 is 9.64 Å². The number of hydrogen-bond acceptors (Lipinski definition) is 3. The lowest BCUT2D eigenvalue weighted by Crippen LogP contribution is -2.27. The fraction of sp³-hybridized carbons (Fsp3) is 0.833. The standard InChI is InChI=1S/C18H35NO2/c1-5-7-9-12-16-21-18(20)15-11-10-14-17(19(3)4)13-8-6-2/h11,15,17H,5-10,12-14,16H2,1-4H3/b15-11+. The monoisotopic (exact) mass is 297 g/mol. The molecule has 0 saturated heterocycles. The van der Waals surface area contributed by atoms with Crippen LogP contribution in [0.3, 0.4) is 0 Å². The zero-order valence-electron chi connectivity index (χ0n) is 14.6. The molecule has 0 aromatic rings. The Hall–Kier alpha value is -0.830. The van der Waals surface area contributed by atoms with E-state index < -0.39 is 0 Å². The molecule has 0 aromatic heterocycles. The summed E-state index contributed by atoms with van der Waals surface area (Å²) in [6, 6.07) is 0.611. The summed E-state index contributed by atoms with van der Waals surface area (Å²) in [5, 5.41) is 0. The van der Waals surface area contributed by atoms with Gasteiger partial charge in [0.15, 0.2) is 0 Å². The maximum absolute atomic E-state index is 11.5. The van der Waals surface area contributed by atoms with Crippen LogP contribution in [0.4, 0.5) is 0 Å². The van der Waals surface area contributed by atoms with Crippen molar-refractivity contribution in [1.29, 1.82) is 0 Å². The molecule has 0 heterocycles. The van der Waals surface area contributed by atoms with Gasteiger partial charge in [-0.15, -0.1) is 0 Å². The van der Waals surface area contributed by atoms with Crippen LogP contribution in [0.5, 0.6) is 0 Å². The molecule has 21 heavy (non-hydrogen) atoms. The normalized spacial score (nSPS) is 13.0. The van der Waals surface area contributed by atoms with Gasteiger partial charge in [0.05, 0.1) is 6.61 Å². The molecule has 0 radical (unpaired) electrons. The number of hydrogen-bond donors (Lipinski definition) is 0. The Kier molecular flexibility index (Phi) is 13.6. The molecule has 0 saturated carbocycles. The van der Waals surface area contributed by atoms with E-state index >= 15 is 0 Å². The number of carbonyl (C=O) groups excluding carboxylic acids is 1. The average molecular weight is 297 g/mol. The molecule has 124 valence electrons. The molecule has 3 heteroatoms. The number of ether oxygens (including phenoxy) is 1. The Labute approximate surface area is 131 Å². The molecule has 0 spiro atoms. The number of rotatable bonds is 13. The predicted octanol–water partition coefficient (Wildman–Crippen LogP) is 4.57. The minimum Gasteiger partial charge on any atom is -0.463 e. The first-order valence-corrected chi connectivity index (χ1v) is 8.61. The van der Waals surface area contributed by atoms with E-state index in [0.717, 1.165) is 25.7 Å². The molecule has 0 amide bonds. The van der Waals surface area contributed by atoms with E-state index in [4.69, 9.17) is 4.74 Å². The summed E-state index contributed by atoms with van der Waals surface area (Å²) >= 11 is 0. The van der Waals surface area contributed by atoms with Crippen molar-refractivity contribution in [1.82, 2.24) is 4.90 Å². The van der Waals surface area contributed by atoms with Crippen LogP contribution in [0.25, 0.3) is 0 Å². The van der Waals surface area contributed by atoms with Crippen LogP contribution in [0.15, 0.2) is 12.2 Å². The van der Waals surface area contributed by atoms with Crippen LogP contribution in [-0.2, 0) is 9.53 Å². The zero-order chi connectivity index (χ0) is 15.9. The molecule has 0 aliphatic carbocycles. The quantitative estimate of drug-likeness (QED) is 0.283. The third kappa shape index (κ3) is 12.6. The van der Waals surface area contributed by atoms with Crippen molar-refractivity contribution in [2.45, 2.75) is 77.7 Å². The Bertz CT molecular complexity index is 274. The van der Waals surface area contributed by atoms with Crippen molar-refractivity contribution in [2.24, 2.45) is 0 Å². The van der Waals surface area contributed by atoms with Gasteiger partial charge in [-0.1, -0.05) is 52.0 Å². The highest BCUT2D eigenvalue weighted by molar-refractivity contribution is 5.81. The Morgan fingerprint density at radius 2 is 1.76 bits per heavy atom. The molecule has 0 bridgehead atoms. The van der Waals surface area contributed by atoms with Crippen LogP contribution in [0, 0.1) is 0 Å². The lowest BCUT2D eigenvalue weighted by molar-refractivity contribution is -0.137. The topological polar surface area (TPSA) is 29.5 Å². The Morgan fingerprint density at radius 1 is 1.05 bits per heavy atom. The van der Waals surface area contributed by atoms with Gasteiger partial charge in [0, 0.05) is 12.1 Å². The first kappa shape index (κ1) is 20.2. The summed E-state index contributed by atoms with van der Waals surface area (Å²) in [7, 11) is 4.27. The Balaban J connectivity index is 3.74. The maximum Gasteiger partial charge on any atom is 0.330 e. The third-order valence-electron chi connectivity index (χ3n) is 3.78. The number of esters is 1. The molecule has 0 fully saturated rings. The van der Waals surface area contributed by atoms with Crippen LogP contribution in [0.2, 0.25) is 0 Å². The Morgan fingerprint density at radius 3 is 2.38 bits per heavy atom. The lowest BCUT2D eigenvalue weighted by Gasteiger charge is -2.23. The van der Waals surface area contributed by atoms with Crippen LogP contribution in [-0.4, -0.2) is 37.6 Å². The fourth-order valence-electron chi connectivity index (χ4n) is 2.32. The highest BCUT2D eigenvalue weighted by Gasteiger charge is 2.09. The number of allylic oxidation sites excluding steroid dienone is 1. The summed E-state index contributed by atoms with van der Waals surface area (Å²) in [4.78, 5) is 13.8. The molecule has 0 aliphatic heterocycles. The highest BCUT2D eigenvalue weighted by Crippen LogP contribution is 2.12. The largest absolute Gasteiger partial charge is 0.463 e. The molecule has 0 aromatic carbocycles. The molecule has 0 N–H and O–H groups in total. The van der Waals surface area contributed by atoms with Crippen LogP contribution in [0.1, 0.15) is 71.6 Å². The second-order valence-electron chi connectivity index (χ2n) is 5.97. The fourth-order valence-corrected chi connectivity index (χ4v) is 2.32. The zero-order valence-corrected chi connectivity index (χ0v) is 14.6. The summed E-state index contributed by atoms with van der Waals surface area (Å²) in [5.74, 6) is -0.193. The van der Waals surface area contributed by atoms with Gasteiger partial charge in [-0.3, -0.25) is 0 Å². The van der Waals surface area contributed by atoms with E-state index in [9.17, 15) is 4.79 Å². The maximum atomic E-state index is 11.5. The van der Waals surface area contributed by atoms with Crippen molar-refractivity contribution in [2.75, 3.05) is 20.7 Å². The second-order valence-corrected chi connectivity index (χ2v) is 5.97. The van der Waals surface area contributed by atoms with E-state index in [-0.39, 0.29) is 5.97 Å². The molecule has 1 atom stereocenters. The van der Waals surface area contributed by atoms with Crippen molar-refractivity contribution in [3.05, 3.63) is 12.2 Å². The van der Waals surface area contributed by atoms with E-state index in [0.29, 0.717) is 12.6 Å². The van der Waals surface area contributed by atoms with E-state index in [1.807, 2.05) is 6.08 Å². The van der Waals surface area contributed by atoms with Crippen molar-refractivity contribution in [3.8, 4) is 0 Å². The average Bonchev–Trinajstić information content (AvgIpc) is 2.45. The molecular formula is C18H35NO2. The molecular weight excluding hydrogens is 262 g/mol. The van der Waals surface area contributed by atoms with Crippen molar-refractivity contribution >= 4 is 5.97 Å². The smallest absolute Gasteiger partial charge is 0.330 e. The molecule has 3 nitrogen and oxygen atoms in total. The SMILES string of the molecule is CCCCCCOC(=O)/C=C/CCC(CCCC)N(C)C. The van der Waals surface area contributed by atoms with Crippen LogP contribution >= 0.6 is 0 Å². The first-order chi connectivity index (χ1) is 10.1. The summed E-state index contributed by atoms with van der Waals surface area (Å²) in [6.07, 6.45) is 13.9. The summed E-state index contributed by atoms with van der Waals surface area (Å²) < 4.78 is 5.17. The molecule has 0 rings (SSSR count). The minimum atomic E-state index is -0.193. The first-order valence-electron chi connectivity index (χ1n) is 8.61. The van der Waals surface area contributed by atoms with Gasteiger partial charge in [-0.05, 0) is 39.8 Å². The lowest BCUT2D eigenvalue weighted by atomic mass is 10.0. The number of carbonyl (C=O) groups is 1. The van der Waals surface area contributed by atoms with Gasteiger partial charge >= 0.3 is 5.97 Å². The van der Waals surface area contributed by atoms with Crippen molar-refractivity contribution < 1.29 is 9.53 Å². The van der Waals surface area contributed by atoms with Crippen LogP contribution < -0.4 is 0 Å². The summed E-state index contributed by atoms with van der Waals surface area (Å²) in [6.45, 7) is 4.96. The highest BCUT2D eigenvalue weighted by atomic mass is 16.5. The van der Waals surface area contributed by atoms with Gasteiger partial charge in [-0.25, -0.2) is 4.79 Å². The van der Waals surface area contributed by atoms with Gasteiger partial charge in [0.25, 0.3) is 0 Å². The number of nitrogens with zero attached hydrogens (tertiary/aromatic N) is 1. The third-order valence-corrected chi connectivity index (χ3v) is 3.78. The minimum absolute atomic E-state index is 0.193. The van der Waals surface area contributed by atoms with Gasteiger partial charge in [0.1, 0.15) is 0 Å². The van der Waals surface area contributed by atoms with Gasteiger partial charge in [-0.2, -0.15) is 0 Å². The summed E-state index contributed by atoms with van der Waals surface area (Å²) in [5.41, 5.74) is 0. The molecule has 1 unspecified atom stereocenters. The predicted molar refractivity (Wildman–Crippen MR) is 90.5 cm³/mol. The number of unbranched alkanes of at least 4 members (excludes halogenated alkanes) is 4.